The molecule has 0 fully saturated rings. The van der Waals surface area contributed by atoms with Crippen molar-refractivity contribution in [1.29, 1.82) is 0 Å². The van der Waals surface area contributed by atoms with Crippen LogP contribution < -0.4 is 10.5 Å². The van der Waals surface area contributed by atoms with E-state index in [1.807, 2.05) is 45.0 Å². The van der Waals surface area contributed by atoms with Crippen molar-refractivity contribution in [2.75, 3.05) is 6.61 Å². The summed E-state index contributed by atoms with van der Waals surface area (Å²) in [6, 6.07) is 7.49. The van der Waals surface area contributed by atoms with E-state index in [4.69, 9.17) is 10.5 Å². The van der Waals surface area contributed by atoms with Crippen LogP contribution in [0, 0.1) is 12.8 Å². The summed E-state index contributed by atoms with van der Waals surface area (Å²) in [7, 11) is 0. The van der Waals surface area contributed by atoms with Crippen LogP contribution in [-0.4, -0.2) is 23.9 Å². The number of ether oxygens (including phenoxy) is 1. The van der Waals surface area contributed by atoms with Gasteiger partial charge in [-0.3, -0.25) is 0 Å². The molecule has 3 heteroatoms. The van der Waals surface area contributed by atoms with Gasteiger partial charge in [0.1, 0.15) is 18.5 Å². The largest absolute Gasteiger partial charge is 0.491 e. The first-order valence-corrected chi connectivity index (χ1v) is 5.64. The maximum absolute atomic E-state index is 9.75. The van der Waals surface area contributed by atoms with Crippen LogP contribution in [0.15, 0.2) is 24.3 Å². The predicted octanol–water partition coefficient (Wildman–Crippen LogP) is 1.72. The zero-order valence-corrected chi connectivity index (χ0v) is 10.2. The van der Waals surface area contributed by atoms with Gasteiger partial charge in [-0.25, -0.2) is 0 Å². The molecule has 0 radical (unpaired) electrons. The molecule has 0 saturated heterocycles. The highest BCUT2D eigenvalue weighted by Crippen LogP contribution is 2.12. The molecule has 0 heterocycles. The Balaban J connectivity index is 2.42. The molecule has 1 aromatic rings. The van der Waals surface area contributed by atoms with Crippen LogP contribution in [0.1, 0.15) is 19.4 Å². The zero-order chi connectivity index (χ0) is 12.1. The Morgan fingerprint density at radius 1 is 1.25 bits per heavy atom. The van der Waals surface area contributed by atoms with Crippen molar-refractivity contribution in [3.8, 4) is 5.75 Å². The highest BCUT2D eigenvalue weighted by molar-refractivity contribution is 5.26. The van der Waals surface area contributed by atoms with Crippen molar-refractivity contribution in [1.82, 2.24) is 0 Å². The smallest absolute Gasteiger partial charge is 0.119 e. The highest BCUT2D eigenvalue weighted by atomic mass is 16.5. The van der Waals surface area contributed by atoms with Crippen LogP contribution in [0.25, 0.3) is 0 Å². The van der Waals surface area contributed by atoms with Crippen molar-refractivity contribution in [2.45, 2.75) is 32.9 Å². The summed E-state index contributed by atoms with van der Waals surface area (Å²) in [5.74, 6) is 1.01. The van der Waals surface area contributed by atoms with Crippen LogP contribution in [-0.2, 0) is 0 Å². The maximum atomic E-state index is 9.75. The molecule has 0 bridgehead atoms. The second-order valence-electron chi connectivity index (χ2n) is 4.51. The second kappa shape index (κ2) is 5.87. The lowest BCUT2D eigenvalue weighted by molar-refractivity contribution is 0.0715. The van der Waals surface area contributed by atoms with E-state index in [0.29, 0.717) is 0 Å². The second-order valence-corrected chi connectivity index (χ2v) is 4.51. The molecule has 2 atom stereocenters. The number of rotatable bonds is 5. The quantitative estimate of drug-likeness (QED) is 0.799. The van der Waals surface area contributed by atoms with Gasteiger partial charge >= 0.3 is 0 Å². The third-order valence-corrected chi connectivity index (χ3v) is 2.66. The summed E-state index contributed by atoms with van der Waals surface area (Å²) in [4.78, 5) is 0. The van der Waals surface area contributed by atoms with E-state index in [-0.39, 0.29) is 18.6 Å². The molecule has 0 aliphatic carbocycles. The lowest BCUT2D eigenvalue weighted by Gasteiger charge is -2.22. The number of hydrogen-bond acceptors (Lipinski definition) is 3. The first-order chi connectivity index (χ1) is 7.50. The standard InChI is InChI=1S/C13H21NO2/c1-9(2)13(14)12(15)8-16-11-6-4-10(3)5-7-11/h4-7,9,12-13,15H,8,14H2,1-3H3. The molecular formula is C13H21NO2. The molecule has 0 saturated carbocycles. The SMILES string of the molecule is Cc1ccc(OCC(O)C(N)C(C)C)cc1. The average Bonchev–Trinajstić information content (AvgIpc) is 2.26. The predicted molar refractivity (Wildman–Crippen MR) is 65.5 cm³/mol. The first-order valence-electron chi connectivity index (χ1n) is 5.64. The Kier molecular flexibility index (Phi) is 4.77. The summed E-state index contributed by atoms with van der Waals surface area (Å²) in [5, 5.41) is 9.75. The van der Waals surface area contributed by atoms with Gasteiger partial charge in [-0.05, 0) is 25.0 Å². The van der Waals surface area contributed by atoms with Gasteiger partial charge in [-0.1, -0.05) is 31.5 Å². The molecule has 0 aliphatic rings. The topological polar surface area (TPSA) is 55.5 Å². The van der Waals surface area contributed by atoms with Crippen molar-refractivity contribution in [3.63, 3.8) is 0 Å². The van der Waals surface area contributed by atoms with Crippen LogP contribution in [0.3, 0.4) is 0 Å². The zero-order valence-electron chi connectivity index (χ0n) is 10.2. The number of nitrogens with two attached hydrogens (primary N) is 1. The summed E-state index contributed by atoms with van der Waals surface area (Å²) >= 11 is 0. The van der Waals surface area contributed by atoms with E-state index in [0.717, 1.165) is 5.75 Å². The van der Waals surface area contributed by atoms with Crippen LogP contribution >= 0.6 is 0 Å². The Morgan fingerprint density at radius 2 is 1.81 bits per heavy atom. The first kappa shape index (κ1) is 13.0. The maximum Gasteiger partial charge on any atom is 0.119 e. The monoisotopic (exact) mass is 223 g/mol. The minimum absolute atomic E-state index is 0.238. The Bertz CT molecular complexity index is 308. The molecule has 90 valence electrons. The van der Waals surface area contributed by atoms with Gasteiger partial charge in [-0.2, -0.15) is 0 Å². The lowest BCUT2D eigenvalue weighted by Crippen LogP contribution is -2.42. The van der Waals surface area contributed by atoms with Crippen LogP contribution in [0.2, 0.25) is 0 Å². The molecule has 0 amide bonds. The van der Waals surface area contributed by atoms with Crippen LogP contribution in [0.5, 0.6) is 5.75 Å². The lowest BCUT2D eigenvalue weighted by atomic mass is 10.0. The Morgan fingerprint density at radius 3 is 2.31 bits per heavy atom. The van der Waals surface area contributed by atoms with Gasteiger partial charge in [0.15, 0.2) is 0 Å². The fourth-order valence-corrected chi connectivity index (χ4v) is 1.37. The molecule has 0 aliphatic heterocycles. The average molecular weight is 223 g/mol. The van der Waals surface area contributed by atoms with Gasteiger partial charge in [0.25, 0.3) is 0 Å². The molecule has 0 spiro atoms. The minimum atomic E-state index is -0.624. The number of benzene rings is 1. The summed E-state index contributed by atoms with van der Waals surface area (Å²) in [6.45, 7) is 6.23. The summed E-state index contributed by atoms with van der Waals surface area (Å²) in [5.41, 5.74) is 7.01. The Labute approximate surface area is 97.2 Å². The van der Waals surface area contributed by atoms with E-state index in [1.165, 1.54) is 5.56 Å². The van der Waals surface area contributed by atoms with Crippen molar-refractivity contribution < 1.29 is 9.84 Å². The number of aryl methyl sites for hydroxylation is 1. The molecule has 2 unspecified atom stereocenters. The number of hydrogen-bond donors (Lipinski definition) is 2. The third kappa shape index (κ3) is 3.83. The highest BCUT2D eigenvalue weighted by Gasteiger charge is 2.18. The van der Waals surface area contributed by atoms with E-state index in [2.05, 4.69) is 0 Å². The van der Waals surface area contributed by atoms with Gasteiger partial charge < -0.3 is 15.6 Å². The van der Waals surface area contributed by atoms with Crippen molar-refractivity contribution in [3.05, 3.63) is 29.8 Å². The van der Waals surface area contributed by atoms with Crippen LogP contribution in [0.4, 0.5) is 0 Å². The molecular weight excluding hydrogens is 202 g/mol. The van der Waals surface area contributed by atoms with E-state index in [1.54, 1.807) is 0 Å². The van der Waals surface area contributed by atoms with Crippen molar-refractivity contribution >= 4 is 0 Å². The molecule has 3 nitrogen and oxygen atoms in total. The van der Waals surface area contributed by atoms with Crippen molar-refractivity contribution in [2.24, 2.45) is 11.7 Å². The summed E-state index contributed by atoms with van der Waals surface area (Å²) in [6.07, 6.45) is -0.624. The minimum Gasteiger partial charge on any atom is -0.491 e. The molecule has 16 heavy (non-hydrogen) atoms. The normalized spacial score (nSPS) is 14.9. The van der Waals surface area contributed by atoms with Gasteiger partial charge in [0, 0.05) is 6.04 Å². The van der Waals surface area contributed by atoms with E-state index < -0.39 is 6.10 Å². The third-order valence-electron chi connectivity index (χ3n) is 2.66. The van der Waals surface area contributed by atoms with Gasteiger partial charge in [-0.15, -0.1) is 0 Å². The molecule has 1 aromatic carbocycles. The summed E-state index contributed by atoms with van der Waals surface area (Å²) < 4.78 is 5.46. The van der Waals surface area contributed by atoms with Gasteiger partial charge in [0.05, 0.1) is 0 Å². The van der Waals surface area contributed by atoms with Gasteiger partial charge in [0.2, 0.25) is 0 Å². The number of aliphatic hydroxyl groups excluding tert-OH is 1. The number of aliphatic hydroxyl groups is 1. The Hall–Kier alpha value is -1.06. The van der Waals surface area contributed by atoms with E-state index >= 15 is 0 Å². The van der Waals surface area contributed by atoms with E-state index in [9.17, 15) is 5.11 Å². The fraction of sp³-hybridized carbons (Fsp3) is 0.538. The molecule has 0 aromatic heterocycles. The fourth-order valence-electron chi connectivity index (χ4n) is 1.37. The molecule has 3 N–H and O–H groups in total. The molecule has 1 rings (SSSR count).